The molecule has 0 aliphatic carbocycles. The highest BCUT2D eigenvalue weighted by Crippen LogP contribution is 2.23. The first-order valence-corrected chi connectivity index (χ1v) is 16.6. The Morgan fingerprint density at radius 3 is 1.73 bits per heavy atom. The number of alkyl halides is 1. The molecule has 2 fully saturated rings. The van der Waals surface area contributed by atoms with Crippen LogP contribution in [-0.4, -0.2) is 44.3 Å². The molecule has 0 aromatic heterocycles. The third-order valence-corrected chi connectivity index (χ3v) is 8.51. The second-order valence-electron chi connectivity index (χ2n) is 9.87. The summed E-state index contributed by atoms with van der Waals surface area (Å²) in [4.78, 5) is 2.46. The lowest BCUT2D eigenvalue weighted by molar-refractivity contribution is -0.0329. The predicted molar refractivity (Wildman–Crippen MR) is 179 cm³/mol. The van der Waals surface area contributed by atoms with Crippen molar-refractivity contribution in [2.45, 2.75) is 24.1 Å². The zero-order chi connectivity index (χ0) is 28.7. The monoisotopic (exact) mass is 742 g/mol. The minimum absolute atomic E-state index is 0.195. The molecule has 0 bridgehead atoms. The minimum Gasteiger partial charge on any atom is -0.371 e. The molecule has 0 unspecified atom stereocenters. The molecule has 7 heteroatoms. The molecule has 216 valence electrons. The van der Waals surface area contributed by atoms with Gasteiger partial charge in [0.15, 0.2) is 0 Å². The maximum absolute atomic E-state index is 5.90. The average Bonchev–Trinajstić information content (AvgIpc) is 3.05. The summed E-state index contributed by atoms with van der Waals surface area (Å²) in [6.07, 6.45) is 0.445. The van der Waals surface area contributed by atoms with E-state index < -0.39 is 0 Å². The van der Waals surface area contributed by atoms with E-state index >= 15 is 0 Å². The van der Waals surface area contributed by atoms with Gasteiger partial charge < -0.3 is 14.8 Å². The number of hydrogen-bond acceptors (Lipinski definition) is 4. The lowest BCUT2D eigenvalue weighted by Gasteiger charge is -2.33. The first kappa shape index (κ1) is 32.1. The Labute approximate surface area is 269 Å². The molecular weight excluding hydrogens is 708 g/mol. The molecule has 41 heavy (non-hydrogen) atoms. The molecule has 1 N–H and O–H groups in total. The standard InChI is InChI=1S/C17H18BrNO.C10H13NO.C7H6Br2/c18-16-8-6-14(7-9-16)12-19-10-11-20-17(13-19)15-4-2-1-3-5-15;1-2-4-9(5-3-1)10-8-11-6-7-12-10;8-5-6-1-3-7(9)4-2-6/h1-9,17H,10-13H2;1-5,10-11H,6-8H2;1-4H,5H2/t17-;10-;/m11./s1. The Hall–Kier alpha value is -1.84. The smallest absolute Gasteiger partial charge is 0.0952 e. The van der Waals surface area contributed by atoms with E-state index in [4.69, 9.17) is 9.47 Å². The number of nitrogens with zero attached hydrogens (tertiary/aromatic N) is 1. The summed E-state index contributed by atoms with van der Waals surface area (Å²) in [6.45, 7) is 6.47. The molecule has 2 aliphatic heterocycles. The van der Waals surface area contributed by atoms with Gasteiger partial charge in [-0.1, -0.05) is 133 Å². The van der Waals surface area contributed by atoms with E-state index in [1.807, 2.05) is 36.4 Å². The lowest BCUT2D eigenvalue weighted by Crippen LogP contribution is -2.37. The van der Waals surface area contributed by atoms with E-state index in [2.05, 4.69) is 131 Å². The predicted octanol–water partition coefficient (Wildman–Crippen LogP) is 8.71. The summed E-state index contributed by atoms with van der Waals surface area (Å²) in [5, 5.41) is 4.24. The summed E-state index contributed by atoms with van der Waals surface area (Å²) in [5.74, 6) is 0. The zero-order valence-electron chi connectivity index (χ0n) is 23.1. The Bertz CT molecular complexity index is 1250. The van der Waals surface area contributed by atoms with E-state index in [0.717, 1.165) is 60.2 Å². The van der Waals surface area contributed by atoms with Gasteiger partial charge in [-0.2, -0.15) is 0 Å². The molecule has 0 spiro atoms. The van der Waals surface area contributed by atoms with Crippen molar-refractivity contribution in [3.63, 3.8) is 0 Å². The summed E-state index contributed by atoms with van der Waals surface area (Å²) >= 11 is 10.2. The van der Waals surface area contributed by atoms with Crippen molar-refractivity contribution in [3.05, 3.63) is 140 Å². The van der Waals surface area contributed by atoms with Gasteiger partial charge in [0.1, 0.15) is 0 Å². The van der Waals surface area contributed by atoms with Crippen molar-refractivity contribution in [3.8, 4) is 0 Å². The Kier molecular flexibility index (Phi) is 14.1. The van der Waals surface area contributed by atoms with E-state index in [1.165, 1.54) is 22.3 Å². The van der Waals surface area contributed by atoms with Crippen LogP contribution in [0.2, 0.25) is 0 Å². The van der Waals surface area contributed by atoms with Crippen LogP contribution in [0.3, 0.4) is 0 Å². The summed E-state index contributed by atoms with van der Waals surface area (Å²) < 4.78 is 13.8. The average molecular weight is 745 g/mol. The van der Waals surface area contributed by atoms with Crippen molar-refractivity contribution >= 4 is 47.8 Å². The van der Waals surface area contributed by atoms with Crippen LogP contribution in [0.4, 0.5) is 0 Å². The fraction of sp³-hybridized carbons (Fsp3) is 0.294. The van der Waals surface area contributed by atoms with E-state index in [9.17, 15) is 0 Å². The molecular formula is C34H37Br3N2O2. The molecule has 6 rings (SSSR count). The van der Waals surface area contributed by atoms with E-state index in [1.54, 1.807) is 0 Å². The fourth-order valence-electron chi connectivity index (χ4n) is 4.58. The molecule has 4 nitrogen and oxygen atoms in total. The first-order chi connectivity index (χ1) is 20.1. The molecule has 2 aliphatic rings. The Morgan fingerprint density at radius 1 is 0.659 bits per heavy atom. The quantitative estimate of drug-likeness (QED) is 0.208. The van der Waals surface area contributed by atoms with Gasteiger partial charge in [0.05, 0.1) is 25.4 Å². The van der Waals surface area contributed by atoms with Gasteiger partial charge in [-0.3, -0.25) is 4.90 Å². The van der Waals surface area contributed by atoms with Crippen molar-refractivity contribution in [1.29, 1.82) is 0 Å². The SMILES string of the molecule is BrCc1ccc(Br)cc1.Brc1ccc(CN2CCO[C@@H](c3ccccc3)C2)cc1.c1ccc([C@H]2CNCCO2)cc1. The first-order valence-electron chi connectivity index (χ1n) is 13.9. The lowest BCUT2D eigenvalue weighted by atomic mass is 10.1. The van der Waals surface area contributed by atoms with Crippen LogP contribution in [-0.2, 0) is 21.3 Å². The number of morpholine rings is 2. The molecule has 2 heterocycles. The van der Waals surface area contributed by atoms with Crippen LogP contribution >= 0.6 is 47.8 Å². The Balaban J connectivity index is 0.000000156. The van der Waals surface area contributed by atoms with Crippen molar-refractivity contribution in [2.24, 2.45) is 0 Å². The van der Waals surface area contributed by atoms with Gasteiger partial charge in [0.2, 0.25) is 0 Å². The number of rotatable bonds is 5. The molecule has 0 amide bonds. The van der Waals surface area contributed by atoms with Crippen LogP contribution in [0.5, 0.6) is 0 Å². The van der Waals surface area contributed by atoms with Crippen LogP contribution < -0.4 is 5.32 Å². The number of halogens is 3. The minimum atomic E-state index is 0.195. The van der Waals surface area contributed by atoms with Gasteiger partial charge in [-0.15, -0.1) is 0 Å². The molecule has 2 atom stereocenters. The highest BCUT2D eigenvalue weighted by molar-refractivity contribution is 9.10. The molecule has 0 saturated carbocycles. The van der Waals surface area contributed by atoms with E-state index in [0.29, 0.717) is 0 Å². The van der Waals surface area contributed by atoms with Gasteiger partial charge in [0.25, 0.3) is 0 Å². The molecule has 4 aromatic carbocycles. The highest BCUT2D eigenvalue weighted by atomic mass is 79.9. The number of nitrogens with one attached hydrogen (secondary N) is 1. The number of benzene rings is 4. The van der Waals surface area contributed by atoms with Gasteiger partial charge in [0, 0.05) is 47.0 Å². The third kappa shape index (κ3) is 11.4. The fourth-order valence-corrected chi connectivity index (χ4v) is 5.49. The van der Waals surface area contributed by atoms with Gasteiger partial charge >= 0.3 is 0 Å². The number of ether oxygens (including phenoxy) is 2. The summed E-state index contributed by atoms with van der Waals surface area (Å²) in [5.41, 5.74) is 5.19. The normalized spacial score (nSPS) is 18.8. The van der Waals surface area contributed by atoms with Crippen LogP contribution in [0.25, 0.3) is 0 Å². The van der Waals surface area contributed by atoms with Crippen LogP contribution in [0.1, 0.15) is 34.5 Å². The van der Waals surface area contributed by atoms with E-state index in [-0.39, 0.29) is 12.2 Å². The Morgan fingerprint density at radius 2 is 1.20 bits per heavy atom. The van der Waals surface area contributed by atoms with Crippen LogP contribution in [0, 0.1) is 0 Å². The highest BCUT2D eigenvalue weighted by Gasteiger charge is 2.21. The van der Waals surface area contributed by atoms with Gasteiger partial charge in [-0.05, 0) is 46.5 Å². The molecule has 0 radical (unpaired) electrons. The van der Waals surface area contributed by atoms with Crippen molar-refractivity contribution < 1.29 is 9.47 Å². The topological polar surface area (TPSA) is 33.7 Å². The molecule has 4 aromatic rings. The largest absolute Gasteiger partial charge is 0.371 e. The third-order valence-electron chi connectivity index (χ3n) is 6.81. The summed E-state index contributed by atoms with van der Waals surface area (Å²) in [6, 6.07) is 37.6. The second kappa shape index (κ2) is 18.0. The second-order valence-corrected chi connectivity index (χ2v) is 12.3. The van der Waals surface area contributed by atoms with Crippen LogP contribution in [0.15, 0.2) is 118 Å². The van der Waals surface area contributed by atoms with Crippen molar-refractivity contribution in [1.82, 2.24) is 10.2 Å². The maximum Gasteiger partial charge on any atom is 0.0952 e. The summed E-state index contributed by atoms with van der Waals surface area (Å²) in [7, 11) is 0. The molecule has 2 saturated heterocycles. The van der Waals surface area contributed by atoms with Gasteiger partial charge in [-0.25, -0.2) is 0 Å². The number of hydrogen-bond donors (Lipinski definition) is 1. The maximum atomic E-state index is 5.90. The zero-order valence-corrected chi connectivity index (χ0v) is 27.9. The van der Waals surface area contributed by atoms with Crippen molar-refractivity contribution in [2.75, 3.05) is 39.4 Å².